The van der Waals surface area contributed by atoms with Gasteiger partial charge in [-0.25, -0.2) is 13.6 Å². The number of ketones is 1. The van der Waals surface area contributed by atoms with Crippen LogP contribution in [0.1, 0.15) is 58.4 Å². The molecule has 1 aliphatic carbocycles. The molecular weight excluding hydrogens is 364 g/mol. The zero-order valence-electron chi connectivity index (χ0n) is 16.6. The molecule has 1 aliphatic heterocycles. The van der Waals surface area contributed by atoms with Crippen molar-refractivity contribution in [1.29, 1.82) is 0 Å². The van der Waals surface area contributed by atoms with E-state index in [1.165, 1.54) is 6.07 Å². The van der Waals surface area contributed by atoms with Crippen LogP contribution >= 0.6 is 0 Å². The lowest BCUT2D eigenvalue weighted by atomic mass is 9.68. The molecule has 0 radical (unpaired) electrons. The molecule has 0 bridgehead atoms. The predicted octanol–water partition coefficient (Wildman–Crippen LogP) is 4.52. The molecule has 1 aromatic carbocycles. The van der Waals surface area contributed by atoms with E-state index >= 15 is 0 Å². The molecule has 6 heteroatoms. The van der Waals surface area contributed by atoms with E-state index in [9.17, 15) is 18.4 Å². The second kappa shape index (κ2) is 7.49. The van der Waals surface area contributed by atoms with Crippen LogP contribution < -0.4 is 5.32 Å². The first kappa shape index (κ1) is 20.2. The van der Waals surface area contributed by atoms with Gasteiger partial charge in [-0.1, -0.05) is 26.8 Å². The lowest BCUT2D eigenvalue weighted by Gasteiger charge is -2.39. The van der Waals surface area contributed by atoms with Crippen LogP contribution in [0.15, 0.2) is 40.7 Å². The van der Waals surface area contributed by atoms with Gasteiger partial charge < -0.3 is 10.1 Å². The zero-order chi connectivity index (χ0) is 20.6. The zero-order valence-corrected chi connectivity index (χ0v) is 16.6. The predicted molar refractivity (Wildman–Crippen MR) is 101 cm³/mol. The number of allylic oxidation sites excluding steroid dienone is 3. The number of benzene rings is 1. The maximum absolute atomic E-state index is 14.0. The van der Waals surface area contributed by atoms with Crippen LogP contribution in [0.5, 0.6) is 0 Å². The Morgan fingerprint density at radius 3 is 2.61 bits per heavy atom. The fraction of sp³-hybridized carbons (Fsp3) is 0.455. The van der Waals surface area contributed by atoms with Gasteiger partial charge in [-0.15, -0.1) is 0 Å². The van der Waals surface area contributed by atoms with Crippen LogP contribution in [-0.4, -0.2) is 18.4 Å². The Bertz CT molecular complexity index is 899. The van der Waals surface area contributed by atoms with Gasteiger partial charge in [-0.05, 0) is 42.9 Å². The molecule has 2 aliphatic rings. The first-order valence-electron chi connectivity index (χ1n) is 9.50. The van der Waals surface area contributed by atoms with Gasteiger partial charge in [-0.2, -0.15) is 0 Å². The Hall–Kier alpha value is -2.50. The SMILES string of the molecule is CCCOC(=O)C1=C(C)NC2=C(C(=O)CC(C)(C)C2)[C@H]1c1ccc(F)c(F)c1. The van der Waals surface area contributed by atoms with Gasteiger partial charge in [0.05, 0.1) is 12.2 Å². The van der Waals surface area contributed by atoms with Gasteiger partial charge in [0.2, 0.25) is 0 Å². The highest BCUT2D eigenvalue weighted by Crippen LogP contribution is 2.46. The summed E-state index contributed by atoms with van der Waals surface area (Å²) in [6.07, 6.45) is 1.61. The lowest BCUT2D eigenvalue weighted by molar-refractivity contribution is -0.139. The van der Waals surface area contributed by atoms with Crippen molar-refractivity contribution >= 4 is 11.8 Å². The molecule has 0 unspecified atom stereocenters. The van der Waals surface area contributed by atoms with E-state index in [0.29, 0.717) is 36.1 Å². The summed E-state index contributed by atoms with van der Waals surface area (Å²) in [6, 6.07) is 3.50. The first-order chi connectivity index (χ1) is 13.1. The van der Waals surface area contributed by atoms with Crippen molar-refractivity contribution in [3.8, 4) is 0 Å². The molecule has 1 heterocycles. The molecule has 3 rings (SSSR count). The lowest BCUT2D eigenvalue weighted by Crippen LogP contribution is -2.38. The molecule has 1 N–H and O–H groups in total. The topological polar surface area (TPSA) is 55.4 Å². The monoisotopic (exact) mass is 389 g/mol. The Kier molecular flexibility index (Phi) is 5.41. The van der Waals surface area contributed by atoms with Crippen LogP contribution in [0.4, 0.5) is 8.78 Å². The van der Waals surface area contributed by atoms with Crippen molar-refractivity contribution in [1.82, 2.24) is 5.32 Å². The van der Waals surface area contributed by atoms with Crippen LogP contribution in [0.2, 0.25) is 0 Å². The summed E-state index contributed by atoms with van der Waals surface area (Å²) in [5, 5.41) is 3.21. The fourth-order valence-corrected chi connectivity index (χ4v) is 4.00. The van der Waals surface area contributed by atoms with Crippen LogP contribution in [0.3, 0.4) is 0 Å². The number of hydrogen-bond acceptors (Lipinski definition) is 4. The normalized spacial score (nSPS) is 21.4. The van der Waals surface area contributed by atoms with E-state index in [2.05, 4.69) is 5.32 Å². The van der Waals surface area contributed by atoms with Crippen molar-refractivity contribution < 1.29 is 23.1 Å². The van der Waals surface area contributed by atoms with Gasteiger partial charge in [-0.3, -0.25) is 4.79 Å². The number of halogens is 2. The minimum atomic E-state index is -1.01. The molecule has 1 atom stereocenters. The van der Waals surface area contributed by atoms with Gasteiger partial charge in [0.15, 0.2) is 17.4 Å². The molecule has 0 saturated heterocycles. The van der Waals surface area contributed by atoms with E-state index in [1.54, 1.807) is 6.92 Å². The maximum Gasteiger partial charge on any atom is 0.336 e. The van der Waals surface area contributed by atoms with Crippen LogP contribution in [0, 0.1) is 17.0 Å². The van der Waals surface area contributed by atoms with E-state index < -0.39 is 23.5 Å². The summed E-state index contributed by atoms with van der Waals surface area (Å²) in [7, 11) is 0. The minimum absolute atomic E-state index is 0.0956. The highest BCUT2D eigenvalue weighted by atomic mass is 19.2. The van der Waals surface area contributed by atoms with Crippen molar-refractivity contribution in [2.45, 2.75) is 52.9 Å². The summed E-state index contributed by atoms with van der Waals surface area (Å²) >= 11 is 0. The summed E-state index contributed by atoms with van der Waals surface area (Å²) in [4.78, 5) is 25.8. The highest BCUT2D eigenvalue weighted by Gasteiger charge is 2.43. The number of carbonyl (C=O) groups is 2. The second-order valence-electron chi connectivity index (χ2n) is 8.24. The minimum Gasteiger partial charge on any atom is -0.462 e. The van der Waals surface area contributed by atoms with Crippen molar-refractivity contribution in [2.24, 2.45) is 5.41 Å². The Balaban J connectivity index is 2.16. The van der Waals surface area contributed by atoms with Crippen LogP contribution in [-0.2, 0) is 14.3 Å². The van der Waals surface area contributed by atoms with E-state index in [4.69, 9.17) is 4.74 Å². The fourth-order valence-electron chi connectivity index (χ4n) is 4.00. The summed E-state index contributed by atoms with van der Waals surface area (Å²) in [5.74, 6) is -3.41. The van der Waals surface area contributed by atoms with E-state index in [-0.39, 0.29) is 23.4 Å². The van der Waals surface area contributed by atoms with Crippen molar-refractivity contribution in [3.63, 3.8) is 0 Å². The summed E-state index contributed by atoms with van der Waals surface area (Å²) in [5.41, 5.74) is 2.16. The second-order valence-corrected chi connectivity index (χ2v) is 8.24. The molecule has 0 spiro atoms. The van der Waals surface area contributed by atoms with Crippen LogP contribution in [0.25, 0.3) is 0 Å². The third-order valence-corrected chi connectivity index (χ3v) is 5.17. The van der Waals surface area contributed by atoms with Crippen molar-refractivity contribution in [2.75, 3.05) is 6.61 Å². The van der Waals surface area contributed by atoms with Gasteiger partial charge in [0.25, 0.3) is 0 Å². The Morgan fingerprint density at radius 1 is 1.25 bits per heavy atom. The number of dihydropyridines is 1. The average molecular weight is 389 g/mol. The molecular formula is C22H25F2NO3. The molecule has 0 aromatic heterocycles. The Morgan fingerprint density at radius 2 is 1.96 bits per heavy atom. The quantitative estimate of drug-likeness (QED) is 0.769. The van der Waals surface area contributed by atoms with Gasteiger partial charge in [0.1, 0.15) is 0 Å². The number of rotatable bonds is 4. The third-order valence-electron chi connectivity index (χ3n) is 5.17. The molecule has 28 heavy (non-hydrogen) atoms. The third kappa shape index (κ3) is 3.73. The smallest absolute Gasteiger partial charge is 0.336 e. The number of esters is 1. The molecule has 0 fully saturated rings. The maximum atomic E-state index is 14.0. The van der Waals surface area contributed by atoms with Gasteiger partial charge in [0, 0.05) is 29.3 Å². The van der Waals surface area contributed by atoms with Crippen molar-refractivity contribution in [3.05, 3.63) is 57.9 Å². The van der Waals surface area contributed by atoms with Gasteiger partial charge >= 0.3 is 5.97 Å². The standard InChI is InChI=1S/C22H25F2NO3/c1-5-8-28-21(27)18-12(2)25-16-10-22(3,4)11-17(26)20(16)19(18)13-6-7-14(23)15(24)9-13/h6-7,9,19,25H,5,8,10-11H2,1-4H3/t19-/m0/s1. The van der Waals surface area contributed by atoms with E-state index in [1.807, 2.05) is 20.8 Å². The molecule has 0 amide bonds. The summed E-state index contributed by atoms with van der Waals surface area (Å²) in [6.45, 7) is 7.88. The average Bonchev–Trinajstić information content (AvgIpc) is 2.59. The molecule has 1 aromatic rings. The number of hydrogen-bond donors (Lipinski definition) is 1. The summed E-state index contributed by atoms with van der Waals surface area (Å²) < 4.78 is 32.8. The molecule has 0 saturated carbocycles. The number of Topliss-reactive ketones (excluding diaryl/α,β-unsaturated/α-hetero) is 1. The Labute approximate surface area is 163 Å². The highest BCUT2D eigenvalue weighted by molar-refractivity contribution is 6.04. The molecule has 4 nitrogen and oxygen atoms in total. The van der Waals surface area contributed by atoms with E-state index in [0.717, 1.165) is 17.8 Å². The number of nitrogens with one attached hydrogen (secondary N) is 1. The largest absolute Gasteiger partial charge is 0.462 e. The number of ether oxygens (including phenoxy) is 1. The molecule has 150 valence electrons. The first-order valence-corrected chi connectivity index (χ1v) is 9.50. The number of carbonyl (C=O) groups excluding carboxylic acids is 2.